The first-order valence-corrected chi connectivity index (χ1v) is 9.24. The molecular weight excluding hydrogens is 380 g/mol. The molecule has 0 aliphatic carbocycles. The van der Waals surface area contributed by atoms with Gasteiger partial charge in [0.25, 0.3) is 5.91 Å². The van der Waals surface area contributed by atoms with Gasteiger partial charge in [0.15, 0.2) is 12.3 Å². The Bertz CT molecular complexity index is 1250. The topological polar surface area (TPSA) is 106 Å². The van der Waals surface area contributed by atoms with E-state index in [2.05, 4.69) is 26.4 Å². The molecule has 0 saturated carbocycles. The van der Waals surface area contributed by atoms with Crippen molar-refractivity contribution in [2.75, 3.05) is 11.9 Å². The first-order chi connectivity index (χ1) is 14.5. The summed E-state index contributed by atoms with van der Waals surface area (Å²) in [4.78, 5) is 20.7. The highest BCUT2D eigenvalue weighted by Crippen LogP contribution is 2.24. The smallest absolute Gasteiger partial charge is 0.262 e. The average Bonchev–Trinajstić information content (AvgIpc) is 3.17. The number of nitrogens with one attached hydrogen (secondary N) is 1. The van der Waals surface area contributed by atoms with Crippen LogP contribution in [0, 0.1) is 25.2 Å². The highest BCUT2D eigenvalue weighted by molar-refractivity contribution is 5.92. The third-order valence-corrected chi connectivity index (χ3v) is 4.42. The number of carbonyl (C=O) groups excluding carboxylic acids is 1. The number of hydrogen-bond acceptors (Lipinski definition) is 6. The molecule has 0 bridgehead atoms. The molecule has 2 aromatic carbocycles. The van der Waals surface area contributed by atoms with Crippen molar-refractivity contribution >= 4 is 22.6 Å². The number of aromatic nitrogens is 4. The minimum atomic E-state index is -0.340. The van der Waals surface area contributed by atoms with Crippen molar-refractivity contribution < 1.29 is 9.53 Å². The van der Waals surface area contributed by atoms with Crippen LogP contribution >= 0.6 is 0 Å². The molecule has 0 unspecified atom stereocenters. The Morgan fingerprint density at radius 3 is 2.57 bits per heavy atom. The summed E-state index contributed by atoms with van der Waals surface area (Å²) in [6.07, 6.45) is 3.01. The molecule has 1 amide bonds. The Hall–Kier alpha value is -4.25. The molecule has 0 saturated heterocycles. The van der Waals surface area contributed by atoms with E-state index in [9.17, 15) is 4.79 Å². The van der Waals surface area contributed by atoms with Gasteiger partial charge in [-0.1, -0.05) is 6.07 Å². The molecular formula is C22H18N6O2. The maximum atomic E-state index is 12.2. The number of carbonyl (C=O) groups is 1. The molecule has 8 nitrogen and oxygen atoms in total. The van der Waals surface area contributed by atoms with Crippen LogP contribution in [0.1, 0.15) is 16.7 Å². The van der Waals surface area contributed by atoms with Gasteiger partial charge in [-0.25, -0.2) is 14.6 Å². The molecule has 0 spiro atoms. The van der Waals surface area contributed by atoms with Gasteiger partial charge in [0.1, 0.15) is 11.7 Å². The van der Waals surface area contributed by atoms with Crippen molar-refractivity contribution in [2.45, 2.75) is 13.8 Å². The molecule has 0 aliphatic heterocycles. The monoisotopic (exact) mass is 398 g/mol. The third kappa shape index (κ3) is 3.95. The summed E-state index contributed by atoms with van der Waals surface area (Å²) < 4.78 is 7.35. The summed E-state index contributed by atoms with van der Waals surface area (Å²) in [6, 6.07) is 14.7. The minimum absolute atomic E-state index is 0.221. The highest BCUT2D eigenvalue weighted by atomic mass is 16.5. The quantitative estimate of drug-likeness (QED) is 0.553. The summed E-state index contributed by atoms with van der Waals surface area (Å²) in [5, 5.41) is 16.6. The third-order valence-electron chi connectivity index (χ3n) is 4.42. The average molecular weight is 398 g/mol. The van der Waals surface area contributed by atoms with Crippen molar-refractivity contribution in [1.29, 1.82) is 5.26 Å². The zero-order valence-electron chi connectivity index (χ0n) is 16.5. The Balaban J connectivity index is 1.51. The van der Waals surface area contributed by atoms with Crippen LogP contribution in [0.25, 0.3) is 16.7 Å². The molecule has 2 aromatic heterocycles. The van der Waals surface area contributed by atoms with E-state index in [4.69, 9.17) is 10.00 Å². The summed E-state index contributed by atoms with van der Waals surface area (Å²) in [5.41, 5.74) is 4.84. The van der Waals surface area contributed by atoms with E-state index < -0.39 is 0 Å². The van der Waals surface area contributed by atoms with Gasteiger partial charge >= 0.3 is 0 Å². The van der Waals surface area contributed by atoms with Crippen molar-refractivity contribution in [3.05, 3.63) is 71.7 Å². The van der Waals surface area contributed by atoms with E-state index >= 15 is 0 Å². The fourth-order valence-corrected chi connectivity index (χ4v) is 3.16. The zero-order valence-corrected chi connectivity index (χ0v) is 16.5. The maximum absolute atomic E-state index is 12.2. The van der Waals surface area contributed by atoms with E-state index in [1.165, 1.54) is 6.33 Å². The Labute approximate surface area is 172 Å². The molecule has 4 aromatic rings. The van der Waals surface area contributed by atoms with E-state index in [0.29, 0.717) is 22.3 Å². The number of aryl methyl sites for hydroxylation is 2. The fraction of sp³-hybridized carbons (Fsp3) is 0.136. The number of fused-ring (bicyclic) bond motifs is 1. The van der Waals surface area contributed by atoms with Crippen LogP contribution in [0.5, 0.6) is 5.88 Å². The second-order valence-electron chi connectivity index (χ2n) is 6.84. The minimum Gasteiger partial charge on any atom is -0.467 e. The van der Waals surface area contributed by atoms with Gasteiger partial charge in [0.2, 0.25) is 5.88 Å². The van der Waals surface area contributed by atoms with Gasteiger partial charge in [-0.05, 0) is 61.4 Å². The molecule has 2 heterocycles. The molecule has 0 fully saturated rings. The highest BCUT2D eigenvalue weighted by Gasteiger charge is 2.14. The first-order valence-electron chi connectivity index (χ1n) is 9.24. The van der Waals surface area contributed by atoms with Gasteiger partial charge in [-0.15, -0.1) is 0 Å². The molecule has 30 heavy (non-hydrogen) atoms. The second kappa shape index (κ2) is 8.01. The van der Waals surface area contributed by atoms with Crippen LogP contribution in [-0.4, -0.2) is 32.3 Å². The van der Waals surface area contributed by atoms with Gasteiger partial charge < -0.3 is 10.1 Å². The van der Waals surface area contributed by atoms with Crippen LogP contribution in [0.15, 0.2) is 55.0 Å². The largest absolute Gasteiger partial charge is 0.467 e. The van der Waals surface area contributed by atoms with Crippen molar-refractivity contribution in [2.24, 2.45) is 0 Å². The van der Waals surface area contributed by atoms with Crippen LogP contribution in [-0.2, 0) is 4.79 Å². The Morgan fingerprint density at radius 2 is 1.87 bits per heavy atom. The van der Waals surface area contributed by atoms with Gasteiger partial charge in [-0.3, -0.25) is 4.79 Å². The predicted octanol–water partition coefficient (Wildman–Crippen LogP) is 3.32. The summed E-state index contributed by atoms with van der Waals surface area (Å²) in [7, 11) is 0. The number of nitriles is 1. The number of hydrogen-bond donors (Lipinski definition) is 1. The maximum Gasteiger partial charge on any atom is 0.262 e. The lowest BCUT2D eigenvalue weighted by Crippen LogP contribution is -2.20. The van der Waals surface area contributed by atoms with Crippen LogP contribution in [0.3, 0.4) is 0 Å². The number of anilines is 1. The van der Waals surface area contributed by atoms with Crippen LogP contribution in [0.2, 0.25) is 0 Å². The number of amides is 1. The molecule has 0 radical (unpaired) electrons. The van der Waals surface area contributed by atoms with Gasteiger partial charge in [0.05, 0.1) is 23.5 Å². The number of benzene rings is 2. The fourth-order valence-electron chi connectivity index (χ4n) is 3.16. The first kappa shape index (κ1) is 19.1. The number of rotatable bonds is 5. The van der Waals surface area contributed by atoms with Gasteiger partial charge in [-0.2, -0.15) is 10.4 Å². The Kier molecular flexibility index (Phi) is 5.09. The predicted molar refractivity (Wildman–Crippen MR) is 111 cm³/mol. The standard InChI is InChI=1S/C22H18N6O2/c1-14-7-15(2)9-18(8-14)28-21-19(11-26-28)22(25-13-24-21)30-12-20(29)27-17-5-3-16(10-23)4-6-17/h3-9,11,13H,12H2,1-2H3,(H,27,29). The number of ether oxygens (including phenoxy) is 1. The van der Waals surface area contributed by atoms with Crippen molar-refractivity contribution in [1.82, 2.24) is 19.7 Å². The van der Waals surface area contributed by atoms with E-state index in [-0.39, 0.29) is 18.4 Å². The van der Waals surface area contributed by atoms with Crippen LogP contribution in [0.4, 0.5) is 5.69 Å². The Morgan fingerprint density at radius 1 is 1.13 bits per heavy atom. The summed E-state index contributed by atoms with van der Waals surface area (Å²) in [5.74, 6) is -0.0567. The molecule has 0 aliphatic rings. The van der Waals surface area contributed by atoms with Crippen molar-refractivity contribution in [3.63, 3.8) is 0 Å². The normalized spacial score (nSPS) is 10.6. The summed E-state index contributed by atoms with van der Waals surface area (Å²) in [6.45, 7) is 3.83. The van der Waals surface area contributed by atoms with Crippen LogP contribution < -0.4 is 10.1 Å². The van der Waals surface area contributed by atoms with E-state index in [1.807, 2.05) is 32.0 Å². The molecule has 8 heteroatoms. The molecule has 148 valence electrons. The van der Waals surface area contributed by atoms with E-state index in [0.717, 1.165) is 16.8 Å². The SMILES string of the molecule is Cc1cc(C)cc(-n2ncc3c(OCC(=O)Nc4ccc(C#N)cc4)ncnc32)c1. The van der Waals surface area contributed by atoms with E-state index in [1.54, 1.807) is 35.1 Å². The lowest BCUT2D eigenvalue weighted by molar-refractivity contribution is -0.118. The van der Waals surface area contributed by atoms with Crippen molar-refractivity contribution in [3.8, 4) is 17.6 Å². The second-order valence-corrected chi connectivity index (χ2v) is 6.84. The molecule has 4 rings (SSSR count). The number of nitrogens with zero attached hydrogens (tertiary/aromatic N) is 5. The zero-order chi connectivity index (χ0) is 21.1. The molecule has 1 N–H and O–H groups in total. The summed E-state index contributed by atoms with van der Waals surface area (Å²) >= 11 is 0. The lowest BCUT2D eigenvalue weighted by Gasteiger charge is -2.08. The lowest BCUT2D eigenvalue weighted by atomic mass is 10.1. The van der Waals surface area contributed by atoms with Gasteiger partial charge in [0, 0.05) is 5.69 Å². The molecule has 0 atom stereocenters.